The zero-order chi connectivity index (χ0) is 20.7. The van der Waals surface area contributed by atoms with Gasteiger partial charge in [0.25, 0.3) is 15.9 Å². The van der Waals surface area contributed by atoms with Crippen molar-refractivity contribution >= 4 is 44.2 Å². The van der Waals surface area contributed by atoms with Gasteiger partial charge in [0.05, 0.1) is 11.4 Å². The number of benzene rings is 2. The lowest BCUT2D eigenvalue weighted by Crippen LogP contribution is -2.35. The summed E-state index contributed by atoms with van der Waals surface area (Å²) in [5.74, 6) is -0.135. The fraction of sp³-hybridized carbons (Fsp3) is 0.333. The molecule has 0 aliphatic carbocycles. The van der Waals surface area contributed by atoms with E-state index in [1.165, 1.54) is 30.3 Å². The molecule has 2 aromatic carbocycles. The van der Waals surface area contributed by atoms with Crippen molar-refractivity contribution < 1.29 is 13.2 Å². The van der Waals surface area contributed by atoms with Crippen molar-refractivity contribution in [3.8, 4) is 0 Å². The molecule has 0 saturated carbocycles. The van der Waals surface area contributed by atoms with Crippen LogP contribution >= 0.6 is 11.8 Å². The molecule has 0 radical (unpaired) electrons. The molecule has 0 aromatic heterocycles. The summed E-state index contributed by atoms with van der Waals surface area (Å²) >= 11 is 1.30. The maximum Gasteiger partial charge on any atom is 0.257 e. The van der Waals surface area contributed by atoms with Gasteiger partial charge in [0.1, 0.15) is 0 Å². The number of amides is 1. The summed E-state index contributed by atoms with van der Waals surface area (Å²) in [7, 11) is -3.39. The Bertz CT molecular complexity index is 1140. The minimum absolute atomic E-state index is 0.00909. The molecule has 3 aliphatic heterocycles. The average molecular weight is 443 g/mol. The number of hydrogen-bond acceptors (Lipinski definition) is 6. The van der Waals surface area contributed by atoms with Gasteiger partial charge in [-0.15, -0.1) is 4.40 Å². The molecule has 1 N–H and O–H groups in total. The molecule has 0 spiro atoms. The van der Waals surface area contributed by atoms with Crippen molar-refractivity contribution in [3.05, 3.63) is 53.6 Å². The number of rotatable bonds is 4. The van der Waals surface area contributed by atoms with Crippen molar-refractivity contribution in [3.63, 3.8) is 0 Å². The lowest BCUT2D eigenvalue weighted by Gasteiger charge is -2.22. The standard InChI is InChI=1S/C21H22N4O3S2/c26-20(22-14-16-5-1-2-6-17(16)24-9-3-4-10-24)15-7-8-18-19(13-15)29-21-23-30(27,28)12-11-25(18)21/h1-2,5-8,13H,3-4,9-12,14H2,(H,22,26). The lowest BCUT2D eigenvalue weighted by atomic mass is 10.1. The normalized spacial score (nSPS) is 19.3. The van der Waals surface area contributed by atoms with Crippen LogP contribution in [0.1, 0.15) is 28.8 Å². The van der Waals surface area contributed by atoms with E-state index in [0.29, 0.717) is 23.8 Å². The smallest absolute Gasteiger partial charge is 0.257 e. The third-order valence-corrected chi connectivity index (χ3v) is 7.92. The Balaban J connectivity index is 1.31. The second-order valence-electron chi connectivity index (χ2n) is 7.60. The van der Waals surface area contributed by atoms with Crippen LogP contribution < -0.4 is 15.1 Å². The number of fused-ring (bicyclic) bond motifs is 3. The van der Waals surface area contributed by atoms with E-state index in [9.17, 15) is 13.2 Å². The van der Waals surface area contributed by atoms with Gasteiger partial charge in [-0.05, 0) is 54.4 Å². The van der Waals surface area contributed by atoms with Crippen molar-refractivity contribution in [2.45, 2.75) is 24.3 Å². The molecule has 1 amide bonds. The van der Waals surface area contributed by atoms with Crippen LogP contribution in [0.4, 0.5) is 11.4 Å². The Kier molecular flexibility index (Phi) is 4.94. The van der Waals surface area contributed by atoms with Crippen LogP contribution in [0.3, 0.4) is 0 Å². The molecule has 0 bridgehead atoms. The van der Waals surface area contributed by atoms with Crippen LogP contribution in [0, 0.1) is 0 Å². The monoisotopic (exact) mass is 442 g/mol. The van der Waals surface area contributed by atoms with Gasteiger partial charge in [0.2, 0.25) is 0 Å². The number of thioether (sulfide) groups is 1. The predicted octanol–water partition coefficient (Wildman–Crippen LogP) is 2.83. The number of anilines is 2. The average Bonchev–Trinajstić information content (AvgIpc) is 3.38. The van der Waals surface area contributed by atoms with Crippen LogP contribution in [0.5, 0.6) is 0 Å². The zero-order valence-electron chi connectivity index (χ0n) is 16.4. The number of para-hydroxylation sites is 1. The maximum atomic E-state index is 12.8. The van der Waals surface area contributed by atoms with Gasteiger partial charge >= 0.3 is 0 Å². The molecule has 7 nitrogen and oxygen atoms in total. The van der Waals surface area contributed by atoms with Gasteiger partial charge in [-0.25, -0.2) is 8.42 Å². The Morgan fingerprint density at radius 1 is 1.07 bits per heavy atom. The van der Waals surface area contributed by atoms with E-state index < -0.39 is 10.0 Å². The predicted molar refractivity (Wildman–Crippen MR) is 120 cm³/mol. The highest BCUT2D eigenvalue weighted by Crippen LogP contribution is 2.42. The first kappa shape index (κ1) is 19.4. The first-order chi connectivity index (χ1) is 14.5. The quantitative estimate of drug-likeness (QED) is 0.784. The fourth-order valence-electron chi connectivity index (χ4n) is 4.08. The molecular weight excluding hydrogens is 420 g/mol. The summed E-state index contributed by atoms with van der Waals surface area (Å²) in [4.78, 5) is 17.9. The third kappa shape index (κ3) is 3.67. The van der Waals surface area contributed by atoms with Crippen LogP contribution in [-0.2, 0) is 16.6 Å². The summed E-state index contributed by atoms with van der Waals surface area (Å²) < 4.78 is 27.4. The highest BCUT2D eigenvalue weighted by atomic mass is 32.2. The van der Waals surface area contributed by atoms with Crippen LogP contribution in [-0.4, -0.2) is 44.9 Å². The van der Waals surface area contributed by atoms with Gasteiger partial charge in [-0.2, -0.15) is 0 Å². The number of carbonyl (C=O) groups excluding carboxylic acids is 1. The van der Waals surface area contributed by atoms with E-state index >= 15 is 0 Å². The van der Waals surface area contributed by atoms with E-state index in [-0.39, 0.29) is 11.7 Å². The number of sulfonamides is 1. The summed E-state index contributed by atoms with van der Waals surface area (Å²) in [5, 5.41) is 3.50. The van der Waals surface area contributed by atoms with Crippen molar-refractivity contribution in [1.82, 2.24) is 5.32 Å². The second-order valence-corrected chi connectivity index (χ2v) is 10.4. The van der Waals surface area contributed by atoms with E-state index in [4.69, 9.17) is 0 Å². The molecule has 30 heavy (non-hydrogen) atoms. The first-order valence-electron chi connectivity index (χ1n) is 10.0. The molecule has 1 saturated heterocycles. The molecule has 156 valence electrons. The molecule has 9 heteroatoms. The second kappa shape index (κ2) is 7.63. The minimum Gasteiger partial charge on any atom is -0.371 e. The lowest BCUT2D eigenvalue weighted by molar-refractivity contribution is 0.0950. The number of carbonyl (C=O) groups is 1. The summed E-state index contributed by atoms with van der Waals surface area (Å²) in [5.41, 5.74) is 3.77. The summed E-state index contributed by atoms with van der Waals surface area (Å²) in [6.45, 7) is 2.97. The molecule has 3 aliphatic rings. The van der Waals surface area contributed by atoms with E-state index in [2.05, 4.69) is 26.7 Å². The van der Waals surface area contributed by atoms with Crippen molar-refractivity contribution in [2.24, 2.45) is 4.40 Å². The molecule has 2 aromatic rings. The number of nitrogens with one attached hydrogen (secondary N) is 1. The minimum atomic E-state index is -3.39. The van der Waals surface area contributed by atoms with Crippen LogP contribution in [0.15, 0.2) is 51.8 Å². The van der Waals surface area contributed by atoms with Gasteiger partial charge in [-0.3, -0.25) is 4.79 Å². The Morgan fingerprint density at radius 3 is 2.70 bits per heavy atom. The Morgan fingerprint density at radius 2 is 1.87 bits per heavy atom. The van der Waals surface area contributed by atoms with E-state index in [0.717, 1.165) is 29.2 Å². The number of hydrogen-bond donors (Lipinski definition) is 1. The summed E-state index contributed by atoms with van der Waals surface area (Å²) in [6.07, 6.45) is 2.41. The molecule has 0 atom stereocenters. The van der Waals surface area contributed by atoms with E-state index in [1.807, 2.05) is 29.2 Å². The molecule has 1 fully saturated rings. The van der Waals surface area contributed by atoms with Crippen molar-refractivity contribution in [2.75, 3.05) is 35.2 Å². The van der Waals surface area contributed by atoms with Gasteiger partial charge in [-0.1, -0.05) is 18.2 Å². The SMILES string of the molecule is O=C(NCc1ccccc1N1CCCC1)c1ccc2c(c1)SC1=NS(=O)(=O)CCN12. The topological polar surface area (TPSA) is 82.1 Å². The van der Waals surface area contributed by atoms with E-state index in [1.54, 1.807) is 6.07 Å². The van der Waals surface area contributed by atoms with Crippen molar-refractivity contribution in [1.29, 1.82) is 0 Å². The molecular formula is C21H22N4O3S2. The van der Waals surface area contributed by atoms with Crippen LogP contribution in [0.2, 0.25) is 0 Å². The van der Waals surface area contributed by atoms with Gasteiger partial charge in [0, 0.05) is 42.3 Å². The largest absolute Gasteiger partial charge is 0.371 e. The third-order valence-electron chi connectivity index (χ3n) is 5.61. The first-order valence-corrected chi connectivity index (χ1v) is 12.5. The van der Waals surface area contributed by atoms with Gasteiger partial charge < -0.3 is 15.1 Å². The number of amidine groups is 1. The molecule has 0 unspecified atom stereocenters. The Hall–Kier alpha value is -2.52. The fourth-order valence-corrected chi connectivity index (χ4v) is 6.37. The summed E-state index contributed by atoms with van der Waals surface area (Å²) in [6, 6.07) is 13.7. The molecule has 3 heterocycles. The van der Waals surface area contributed by atoms with Gasteiger partial charge in [0.15, 0.2) is 5.17 Å². The maximum absolute atomic E-state index is 12.8. The molecule has 5 rings (SSSR count). The zero-order valence-corrected chi connectivity index (χ0v) is 18.0. The highest BCUT2D eigenvalue weighted by molar-refractivity contribution is 8.15. The highest BCUT2D eigenvalue weighted by Gasteiger charge is 2.33. The Labute approximate surface area is 180 Å². The number of nitrogens with zero attached hydrogens (tertiary/aromatic N) is 3. The van der Waals surface area contributed by atoms with Crippen LogP contribution in [0.25, 0.3) is 0 Å².